The van der Waals surface area contributed by atoms with Crippen LogP contribution in [0.15, 0.2) is 36.5 Å². The summed E-state index contributed by atoms with van der Waals surface area (Å²) in [6.07, 6.45) is 13.4. The molecule has 4 atom stereocenters. The number of fused-ring (bicyclic) bond motifs is 2. The van der Waals surface area contributed by atoms with Crippen LogP contribution in [0.5, 0.6) is 0 Å². The van der Waals surface area contributed by atoms with E-state index in [0.29, 0.717) is 47.6 Å². The van der Waals surface area contributed by atoms with Gasteiger partial charge in [0.15, 0.2) is 0 Å². The van der Waals surface area contributed by atoms with Crippen LogP contribution in [0.3, 0.4) is 0 Å². The smallest absolute Gasteiger partial charge is 0.407 e. The standard InChI is InChI=1S/C30H40N6O2/c31-16-26-19-34-29(33-17-21-8-3-1-4-9-21)36-28(26)32-18-23-14-24-12-7-13-25(15-23)27(24)35-30(37)38-20-22-10-5-2-6-11-22/h2,5-6,10-11,19,21,23-25,27H,1,3-4,7-9,12-15,17-18,20H2,(H,35,37)(H2,32,33,34,36)/t23?,24-,25+,27?. The summed E-state index contributed by atoms with van der Waals surface area (Å²) in [5.41, 5.74) is 1.47. The number of carbonyl (C=O) groups is 1. The van der Waals surface area contributed by atoms with E-state index in [1.54, 1.807) is 6.20 Å². The fourth-order valence-corrected chi connectivity index (χ4v) is 6.72. The minimum Gasteiger partial charge on any atom is -0.445 e. The molecule has 1 heterocycles. The largest absolute Gasteiger partial charge is 0.445 e. The van der Waals surface area contributed by atoms with E-state index in [9.17, 15) is 10.1 Å². The summed E-state index contributed by atoms with van der Waals surface area (Å²) >= 11 is 0. The average molecular weight is 517 g/mol. The lowest BCUT2D eigenvalue weighted by molar-refractivity contribution is 0.0732. The number of anilines is 2. The van der Waals surface area contributed by atoms with Crippen molar-refractivity contribution in [2.45, 2.75) is 76.9 Å². The monoisotopic (exact) mass is 516 g/mol. The van der Waals surface area contributed by atoms with Gasteiger partial charge in [-0.25, -0.2) is 9.78 Å². The van der Waals surface area contributed by atoms with E-state index in [2.05, 4.69) is 32.0 Å². The first-order valence-corrected chi connectivity index (χ1v) is 14.4. The van der Waals surface area contributed by atoms with Crippen molar-refractivity contribution in [1.29, 1.82) is 5.26 Å². The number of rotatable bonds is 9. The molecule has 0 saturated heterocycles. The van der Waals surface area contributed by atoms with Crippen molar-refractivity contribution in [3.8, 4) is 6.07 Å². The molecule has 38 heavy (non-hydrogen) atoms. The van der Waals surface area contributed by atoms with Crippen LogP contribution in [0.25, 0.3) is 0 Å². The van der Waals surface area contributed by atoms with E-state index in [1.165, 1.54) is 38.5 Å². The molecule has 3 N–H and O–H groups in total. The number of aromatic nitrogens is 2. The topological polar surface area (TPSA) is 112 Å². The fourth-order valence-electron chi connectivity index (χ4n) is 6.72. The highest BCUT2D eigenvalue weighted by Gasteiger charge is 2.41. The molecule has 2 unspecified atom stereocenters. The molecule has 0 aliphatic heterocycles. The number of ether oxygens (including phenoxy) is 1. The van der Waals surface area contributed by atoms with Crippen molar-refractivity contribution in [2.75, 3.05) is 23.7 Å². The van der Waals surface area contributed by atoms with Gasteiger partial charge < -0.3 is 20.7 Å². The van der Waals surface area contributed by atoms with Gasteiger partial charge in [-0.05, 0) is 67.8 Å². The molecule has 1 aromatic heterocycles. The molecule has 8 heteroatoms. The third-order valence-corrected chi connectivity index (χ3v) is 8.68. The zero-order valence-electron chi connectivity index (χ0n) is 22.2. The normalized spacial score (nSPS) is 25.1. The molecular weight excluding hydrogens is 476 g/mol. The van der Waals surface area contributed by atoms with E-state index in [4.69, 9.17) is 4.74 Å². The summed E-state index contributed by atoms with van der Waals surface area (Å²) in [4.78, 5) is 21.6. The second-order valence-corrected chi connectivity index (χ2v) is 11.4. The Morgan fingerprint density at radius 2 is 1.68 bits per heavy atom. The van der Waals surface area contributed by atoms with Gasteiger partial charge in [0, 0.05) is 19.1 Å². The van der Waals surface area contributed by atoms with Crippen molar-refractivity contribution in [3.05, 3.63) is 47.7 Å². The highest BCUT2D eigenvalue weighted by Crippen LogP contribution is 2.43. The lowest BCUT2D eigenvalue weighted by Gasteiger charge is -2.46. The molecule has 2 aromatic rings. The van der Waals surface area contributed by atoms with Gasteiger partial charge in [0.2, 0.25) is 5.95 Å². The van der Waals surface area contributed by atoms with Crippen LogP contribution >= 0.6 is 0 Å². The van der Waals surface area contributed by atoms with Gasteiger partial charge in [0.05, 0.1) is 6.20 Å². The molecule has 8 nitrogen and oxygen atoms in total. The number of alkyl carbamates (subject to hydrolysis) is 1. The Hall–Kier alpha value is -3.34. The Labute approximate surface area is 226 Å². The number of nitrogens with zero attached hydrogens (tertiary/aromatic N) is 3. The average Bonchev–Trinajstić information content (AvgIpc) is 2.95. The van der Waals surface area contributed by atoms with Crippen LogP contribution in [0.4, 0.5) is 16.6 Å². The number of nitrogens with one attached hydrogen (secondary N) is 3. The first-order chi connectivity index (χ1) is 18.7. The van der Waals surface area contributed by atoms with Gasteiger partial charge in [0.25, 0.3) is 0 Å². The summed E-state index contributed by atoms with van der Waals surface area (Å²) in [5.74, 6) is 3.26. The van der Waals surface area contributed by atoms with Crippen molar-refractivity contribution >= 4 is 17.9 Å². The Kier molecular flexibility index (Phi) is 8.95. The molecular formula is C30H40N6O2. The summed E-state index contributed by atoms with van der Waals surface area (Å²) < 4.78 is 5.51. The van der Waals surface area contributed by atoms with Gasteiger partial charge in [-0.3, -0.25) is 0 Å². The number of nitriles is 1. The van der Waals surface area contributed by atoms with Crippen molar-refractivity contribution in [2.24, 2.45) is 23.7 Å². The van der Waals surface area contributed by atoms with Gasteiger partial charge in [-0.1, -0.05) is 56.0 Å². The lowest BCUT2D eigenvalue weighted by Crippen LogP contribution is -2.52. The van der Waals surface area contributed by atoms with Crippen molar-refractivity contribution in [3.63, 3.8) is 0 Å². The fraction of sp³-hybridized carbons (Fsp3) is 0.600. The predicted molar refractivity (Wildman–Crippen MR) is 147 cm³/mol. The van der Waals surface area contributed by atoms with Gasteiger partial charge >= 0.3 is 6.09 Å². The Morgan fingerprint density at radius 3 is 2.42 bits per heavy atom. The molecule has 1 aromatic carbocycles. The number of carbonyl (C=O) groups excluding carboxylic acids is 1. The maximum atomic E-state index is 12.6. The van der Waals surface area contributed by atoms with E-state index in [-0.39, 0.29) is 12.1 Å². The van der Waals surface area contributed by atoms with E-state index < -0.39 is 0 Å². The van der Waals surface area contributed by atoms with Gasteiger partial charge in [-0.15, -0.1) is 0 Å². The predicted octanol–water partition coefficient (Wildman–Crippen LogP) is 5.87. The number of amides is 1. The van der Waals surface area contributed by atoms with Crippen LogP contribution in [0, 0.1) is 35.0 Å². The maximum absolute atomic E-state index is 12.6. The molecule has 202 valence electrons. The molecule has 1 amide bonds. The second kappa shape index (κ2) is 12.9. The summed E-state index contributed by atoms with van der Waals surface area (Å²) in [7, 11) is 0. The molecule has 3 aliphatic carbocycles. The van der Waals surface area contributed by atoms with Crippen molar-refractivity contribution < 1.29 is 9.53 Å². The zero-order chi connectivity index (χ0) is 26.2. The van der Waals surface area contributed by atoms with E-state index >= 15 is 0 Å². The first kappa shape index (κ1) is 26.3. The van der Waals surface area contributed by atoms with Crippen molar-refractivity contribution in [1.82, 2.24) is 15.3 Å². The van der Waals surface area contributed by atoms with Crippen LogP contribution in [0.1, 0.15) is 75.3 Å². The SMILES string of the molecule is N#Cc1cnc(NCC2CCCCC2)nc1NCC1C[C@H]2CCC[C@@H](C1)C2NC(=O)OCc1ccccc1. The van der Waals surface area contributed by atoms with E-state index in [1.807, 2.05) is 30.3 Å². The Morgan fingerprint density at radius 1 is 0.947 bits per heavy atom. The number of hydrogen-bond acceptors (Lipinski definition) is 7. The van der Waals surface area contributed by atoms with Crippen LogP contribution in [-0.2, 0) is 11.3 Å². The molecule has 0 spiro atoms. The van der Waals surface area contributed by atoms with Crippen LogP contribution < -0.4 is 16.0 Å². The van der Waals surface area contributed by atoms with Crippen LogP contribution in [-0.4, -0.2) is 35.2 Å². The molecule has 3 fully saturated rings. The molecule has 3 saturated carbocycles. The first-order valence-electron chi connectivity index (χ1n) is 14.4. The van der Waals surface area contributed by atoms with Gasteiger partial charge in [0.1, 0.15) is 24.1 Å². The minimum absolute atomic E-state index is 0.174. The highest BCUT2D eigenvalue weighted by molar-refractivity contribution is 5.67. The van der Waals surface area contributed by atoms with E-state index in [0.717, 1.165) is 44.3 Å². The zero-order valence-corrected chi connectivity index (χ0v) is 22.2. The Balaban J connectivity index is 1.13. The van der Waals surface area contributed by atoms with Gasteiger partial charge in [-0.2, -0.15) is 10.2 Å². The maximum Gasteiger partial charge on any atom is 0.407 e. The summed E-state index contributed by atoms with van der Waals surface area (Å²) in [5, 5.41) is 19.7. The lowest BCUT2D eigenvalue weighted by atomic mass is 9.64. The minimum atomic E-state index is -0.319. The third kappa shape index (κ3) is 6.94. The third-order valence-electron chi connectivity index (χ3n) is 8.68. The highest BCUT2D eigenvalue weighted by atomic mass is 16.5. The van der Waals surface area contributed by atoms with Crippen LogP contribution in [0.2, 0.25) is 0 Å². The number of benzene rings is 1. The molecule has 5 rings (SSSR count). The molecule has 3 aliphatic rings. The number of hydrogen-bond donors (Lipinski definition) is 3. The summed E-state index contributed by atoms with van der Waals surface area (Å²) in [6.45, 7) is 1.95. The molecule has 0 radical (unpaired) electrons. The summed E-state index contributed by atoms with van der Waals surface area (Å²) in [6, 6.07) is 12.2. The second-order valence-electron chi connectivity index (χ2n) is 11.4. The quantitative estimate of drug-likeness (QED) is 0.382. The Bertz CT molecular complexity index is 1080. The molecule has 2 bridgehead atoms.